The maximum Gasteiger partial charge on any atom is 0.292 e. The number of nitro groups is 1. The Bertz CT molecular complexity index is 5450. The molecule has 7 saturated carbocycles. The molecule has 20 atom stereocenters. The standard InChI is InChI=1S/C19H15ClF2N2O2.C12H10ClF2N3O3.C12H12ClF2N3O.C12H11ClF2N2O.C11H10ClF2NO.C11H12ClF2NO.C5H6FNO/c20-16-12(7-4-8-14(16)22)19(10-21)13-9-15(13)26-18(24-19)23-17(25)11-5-2-1-3-6-11;13-10-7(1-5(18(19)20)2-8(10)15)12(4-14)6-3-9(6)21-11(16)17-12;13-10-7(1-5(16)2-8(10)15)12(4-14)6-3-9(6)19-11(17)18-12;13-10-6(2-1-3-8(10)15)12(5-14)7-4-9(7)18-11(16)17-12;12-10-6(2-1-3-8(10)14)11(5-13)7-4-9(7)16-15-11;12-10-6(2-1-3-8(10)14)11(15,5-13)7-4-9(7)16;6-2-4-3-1-5(3)8-7-4/h1-8,13,15H,9-10H2,(H,23,24,25);1-2,6,9H,3-4H2,(H2,16,17);1-2,6,9H,3-4,16H2,(H2,17,18);1-3,7,9H,4-5H2,(H2,16,17);1-3,7,9,15H,4-5H2;1-3,7,9,16H,4-5,15H2;3,5H,1-2H2/t13-,15?,19+;2*6-,9?,12-;7-,9?,12+;2*7-,9?,11+;/m000000./s1. The topological polar surface area (TPSA) is 352 Å². The predicted octanol–water partition coefficient (Wildman–Crippen LogP) is 15.8. The highest BCUT2D eigenvalue weighted by molar-refractivity contribution is 6.33. The van der Waals surface area contributed by atoms with Gasteiger partial charge in [-0.05, 0) is 105 Å². The molecule has 7 aliphatic carbocycles. The summed E-state index contributed by atoms with van der Waals surface area (Å²) in [5.41, 5.74) is 25.2. The third-order valence-corrected chi connectivity index (χ3v) is 26.2. The number of amides is 1. The van der Waals surface area contributed by atoms with E-state index in [0.717, 1.165) is 25.0 Å². The van der Waals surface area contributed by atoms with Gasteiger partial charge in [0.1, 0.15) is 140 Å². The minimum Gasteiger partial charge on any atom is -0.462 e. The fourth-order valence-electron chi connectivity index (χ4n) is 16.6. The predicted molar refractivity (Wildman–Crippen MR) is 434 cm³/mol. The highest BCUT2D eigenvalue weighted by atomic mass is 35.5. The number of alkyl halides is 7. The van der Waals surface area contributed by atoms with Crippen LogP contribution < -0.4 is 39.5 Å². The summed E-state index contributed by atoms with van der Waals surface area (Å²) < 4.78 is 196. The number of ether oxygens (including phenoxy) is 4. The first-order chi connectivity index (χ1) is 59.1. The summed E-state index contributed by atoms with van der Waals surface area (Å²) >= 11 is 35.5. The number of nitrogens with zero attached hydrogens (tertiary/aromatic N) is 6. The van der Waals surface area contributed by atoms with E-state index < -0.39 is 143 Å². The van der Waals surface area contributed by atoms with Crippen LogP contribution in [0.25, 0.3) is 0 Å². The van der Waals surface area contributed by atoms with E-state index in [2.05, 4.69) is 35.9 Å². The lowest BCUT2D eigenvalue weighted by Crippen LogP contribution is -2.43. The number of aliphatic hydroxyl groups excluding tert-OH is 1. The Hall–Kier alpha value is -9.37. The van der Waals surface area contributed by atoms with Crippen molar-refractivity contribution in [3.63, 3.8) is 0 Å². The zero-order valence-corrected chi connectivity index (χ0v) is 69.0. The van der Waals surface area contributed by atoms with E-state index in [1.165, 1.54) is 60.7 Å². The van der Waals surface area contributed by atoms with Crippen LogP contribution in [0.3, 0.4) is 0 Å². The Morgan fingerprint density at radius 1 is 0.500 bits per heavy atom. The molecular formula is C82H76Cl6F13N13O10. The Morgan fingerprint density at radius 3 is 1.34 bits per heavy atom. The zero-order valence-electron chi connectivity index (χ0n) is 64.5. The number of rotatable bonds is 16. The van der Waals surface area contributed by atoms with E-state index in [-0.39, 0.29) is 148 Å². The fraction of sp³-hybridized carbons (Fsp3) is 0.415. The average molecular weight is 1860 g/mol. The highest BCUT2D eigenvalue weighted by Gasteiger charge is 2.65. The minimum absolute atomic E-state index is 0.0243. The molecule has 42 heteroatoms. The highest BCUT2D eigenvalue weighted by Crippen LogP contribution is 2.60. The number of non-ortho nitro benzene ring substituents is 1. The van der Waals surface area contributed by atoms with Gasteiger partial charge in [-0.25, -0.2) is 77.0 Å². The van der Waals surface area contributed by atoms with E-state index in [0.29, 0.717) is 66.5 Å². The number of benzene rings is 7. The van der Waals surface area contributed by atoms with E-state index in [1.54, 1.807) is 48.5 Å². The molecule has 6 heterocycles. The first kappa shape index (κ1) is 90.9. The van der Waals surface area contributed by atoms with Crippen molar-refractivity contribution in [3.8, 4) is 0 Å². The Balaban J connectivity index is 0.000000120. The molecule has 23 nitrogen and oxygen atoms in total. The van der Waals surface area contributed by atoms with Gasteiger partial charge in [0.2, 0.25) is 0 Å². The van der Waals surface area contributed by atoms with Crippen LogP contribution in [0.2, 0.25) is 30.1 Å². The van der Waals surface area contributed by atoms with Crippen molar-refractivity contribution in [2.75, 3.05) is 52.5 Å². The number of nitrogen functional groups attached to an aromatic ring is 1. The molecule has 124 heavy (non-hydrogen) atoms. The van der Waals surface area contributed by atoms with Gasteiger partial charge in [-0.3, -0.25) is 25.1 Å². The number of amidine groups is 4. The number of carbonyl (C=O) groups is 1. The number of carbonyl (C=O) groups excluding carboxylic acids is 1. The van der Waals surface area contributed by atoms with Crippen LogP contribution in [0, 0.1) is 86.4 Å². The molecule has 7 aromatic rings. The lowest BCUT2D eigenvalue weighted by molar-refractivity contribution is -0.385. The second kappa shape index (κ2) is 35.8. The summed E-state index contributed by atoms with van der Waals surface area (Å²) in [5.74, 6) is -5.40. The number of hydroxylamine groups is 1. The number of nitrogens with one attached hydrogen (secondary N) is 2. The number of hydrogen-bond donors (Lipinski definition) is 8. The number of hydrogen-bond acceptors (Lipinski definition) is 21. The molecule has 1 amide bonds. The van der Waals surface area contributed by atoms with Crippen LogP contribution in [0.1, 0.15) is 88.7 Å². The van der Waals surface area contributed by atoms with Crippen LogP contribution in [0.4, 0.5) is 68.5 Å². The molecule has 20 rings (SSSR count). The van der Waals surface area contributed by atoms with Crippen LogP contribution in [0.5, 0.6) is 0 Å². The third kappa shape index (κ3) is 17.4. The molecule has 1 saturated heterocycles. The number of aliphatic imine (C=N–C) groups is 4. The number of halogens is 19. The van der Waals surface area contributed by atoms with Gasteiger partial charge in [-0.2, -0.15) is 5.48 Å². The van der Waals surface area contributed by atoms with Crippen molar-refractivity contribution in [2.45, 2.75) is 121 Å². The molecular weight excluding hydrogens is 1790 g/mol. The SMILES string of the molecule is FCC1=NOC2CC12.FC[C@]1(c2cccc(F)c2Cl)NOC2C[C@@H]21.NC1=N[C@](CF)(c2cc(N)cc(F)c2Cl)[C@H]2CC2O1.NC1=N[C@](CF)(c2cc([N+](=O)[O-])cc(F)c2Cl)[C@H]2CC2O1.NC1=N[C@](CF)(c2cccc(F)c2Cl)[C@H]2CC2O1.N[C@](CF)(c1cccc(F)c1Cl)[C@H]1CC1O.O=C(NC1=N[C@](CF)(c2cccc(F)c2Cl)[C@H]2CC2O1)c1ccccc1. The number of fused-ring (bicyclic) bond motifs is 6. The average Bonchev–Trinajstić information content (AvgIpc) is 1.58. The van der Waals surface area contributed by atoms with Gasteiger partial charge in [-0.15, -0.1) is 0 Å². The normalized spacial score (nSPS) is 31.2. The lowest BCUT2D eigenvalue weighted by Gasteiger charge is -2.32. The van der Waals surface area contributed by atoms with Gasteiger partial charge >= 0.3 is 0 Å². The molecule has 6 aliphatic heterocycles. The van der Waals surface area contributed by atoms with Gasteiger partial charge in [-0.1, -0.05) is 141 Å². The number of nitrogens with two attached hydrogens (primary N) is 5. The summed E-state index contributed by atoms with van der Waals surface area (Å²) in [6.45, 7) is -5.44. The molecule has 0 spiro atoms. The Kier molecular flexibility index (Phi) is 26.2. The monoisotopic (exact) mass is 1860 g/mol. The van der Waals surface area contributed by atoms with Crippen LogP contribution in [-0.2, 0) is 61.9 Å². The van der Waals surface area contributed by atoms with Gasteiger partial charge in [0.05, 0.1) is 64.6 Å². The number of aliphatic hydroxyl groups is 1. The maximum atomic E-state index is 14.2. The second-order valence-electron chi connectivity index (χ2n) is 31.6. The largest absolute Gasteiger partial charge is 0.462 e. The first-order valence-corrected chi connectivity index (χ1v) is 40.8. The van der Waals surface area contributed by atoms with E-state index >= 15 is 0 Å². The Labute approximate surface area is 728 Å². The van der Waals surface area contributed by atoms with Crippen LogP contribution >= 0.6 is 69.6 Å². The fourth-order valence-corrected chi connectivity index (χ4v) is 18.3. The lowest BCUT2D eigenvalue weighted by atomic mass is 9.85. The van der Waals surface area contributed by atoms with Crippen molar-refractivity contribution in [1.29, 1.82) is 0 Å². The molecule has 0 bridgehead atoms. The molecule has 662 valence electrons. The summed E-state index contributed by atoms with van der Waals surface area (Å²) in [6.07, 6.45) is 3.24. The number of nitro benzene ring substituents is 1. The van der Waals surface area contributed by atoms with Crippen molar-refractivity contribution in [2.24, 2.45) is 89.5 Å². The van der Waals surface area contributed by atoms with Gasteiger partial charge < -0.3 is 57.6 Å². The minimum atomic E-state index is -1.53. The maximum absolute atomic E-state index is 14.2. The van der Waals surface area contributed by atoms with Crippen LogP contribution in [0.15, 0.2) is 153 Å². The molecule has 0 radical (unpaired) electrons. The summed E-state index contributed by atoms with van der Waals surface area (Å²) in [5, 5.41) is 25.3. The first-order valence-electron chi connectivity index (χ1n) is 38.5. The molecule has 8 unspecified atom stereocenters. The third-order valence-electron chi connectivity index (χ3n) is 23.9. The van der Waals surface area contributed by atoms with Gasteiger partial charge in [0.25, 0.3) is 35.7 Å². The van der Waals surface area contributed by atoms with E-state index in [4.69, 9.17) is 127 Å². The Morgan fingerprint density at radius 2 is 0.927 bits per heavy atom. The number of anilines is 1. The zero-order chi connectivity index (χ0) is 89.2. The summed E-state index contributed by atoms with van der Waals surface area (Å²) in [7, 11) is 0. The molecule has 13 aliphatic rings. The van der Waals surface area contributed by atoms with Crippen molar-refractivity contribution < 1.29 is 101 Å². The van der Waals surface area contributed by atoms with Crippen molar-refractivity contribution in [3.05, 3.63) is 241 Å². The molecule has 8 fully saturated rings. The van der Waals surface area contributed by atoms with Crippen molar-refractivity contribution >= 4 is 117 Å². The smallest absolute Gasteiger partial charge is 0.292 e. The van der Waals surface area contributed by atoms with Gasteiger partial charge in [0.15, 0.2) is 0 Å². The molecule has 7 aromatic carbocycles. The summed E-state index contributed by atoms with van der Waals surface area (Å²) in [6, 6.07) is 29.5. The second-order valence-corrected chi connectivity index (χ2v) is 33.9. The van der Waals surface area contributed by atoms with Crippen LogP contribution in [-0.4, -0.2) is 135 Å². The molecule has 0 aromatic heterocycles. The summed E-state index contributed by atoms with van der Waals surface area (Å²) in [4.78, 5) is 48.8. The van der Waals surface area contributed by atoms with Crippen molar-refractivity contribution in [1.82, 2.24) is 10.8 Å². The number of oxime groups is 1. The quantitative estimate of drug-likeness (QED) is 0.0193. The van der Waals surface area contributed by atoms with Gasteiger partial charge in [0, 0.05) is 81.0 Å². The van der Waals surface area contributed by atoms with E-state index in [9.17, 15) is 77.1 Å². The van der Waals surface area contributed by atoms with E-state index in [1.807, 2.05) is 0 Å². The molecule has 13 N–H and O–H groups in total.